The maximum Gasteiger partial charge on any atom is 0.161 e. The normalized spacial score (nSPS) is 30.1. The highest BCUT2D eigenvalue weighted by atomic mass is 16.6. The molecule has 1 aliphatic carbocycles. The predicted octanol–water partition coefficient (Wildman–Crippen LogP) is 2.94. The first-order valence-corrected chi connectivity index (χ1v) is 7.37. The zero-order valence-electron chi connectivity index (χ0n) is 11.6. The fraction of sp³-hybridized carbons (Fsp3) is 0.625. The first kappa shape index (κ1) is 12.8. The maximum atomic E-state index is 5.96. The van der Waals surface area contributed by atoms with Crippen molar-refractivity contribution in [2.75, 3.05) is 19.8 Å². The van der Waals surface area contributed by atoms with E-state index in [1.807, 2.05) is 0 Å². The summed E-state index contributed by atoms with van der Waals surface area (Å²) >= 11 is 0. The Kier molecular flexibility index (Phi) is 3.65. The Hall–Kier alpha value is -1.22. The van der Waals surface area contributed by atoms with Crippen LogP contribution in [-0.4, -0.2) is 19.8 Å². The van der Waals surface area contributed by atoms with Gasteiger partial charge in [-0.1, -0.05) is 19.4 Å². The molecule has 1 fully saturated rings. The van der Waals surface area contributed by atoms with E-state index in [1.54, 1.807) is 0 Å². The SMILES string of the molecule is CC1CCC(CN)C(c2ccc3c(c2)OCCO3)C1. The lowest BCUT2D eigenvalue weighted by molar-refractivity contribution is 0.170. The lowest BCUT2D eigenvalue weighted by atomic mass is 9.71. The number of ether oxygens (including phenoxy) is 2. The van der Waals surface area contributed by atoms with E-state index >= 15 is 0 Å². The molecule has 3 nitrogen and oxygen atoms in total. The van der Waals surface area contributed by atoms with Crippen LogP contribution in [0.15, 0.2) is 18.2 Å². The summed E-state index contributed by atoms with van der Waals surface area (Å²) in [6, 6.07) is 6.41. The Bertz CT molecular complexity index is 446. The van der Waals surface area contributed by atoms with Gasteiger partial charge >= 0.3 is 0 Å². The third-order valence-corrected chi connectivity index (χ3v) is 4.55. The molecular formula is C16H23NO2. The second-order valence-corrected chi connectivity index (χ2v) is 5.92. The van der Waals surface area contributed by atoms with E-state index in [-0.39, 0.29) is 0 Å². The van der Waals surface area contributed by atoms with Crippen LogP contribution in [0.1, 0.15) is 37.7 Å². The van der Waals surface area contributed by atoms with Crippen molar-refractivity contribution in [3.8, 4) is 11.5 Å². The third kappa shape index (κ3) is 2.57. The Labute approximate surface area is 115 Å². The van der Waals surface area contributed by atoms with Crippen LogP contribution < -0.4 is 15.2 Å². The van der Waals surface area contributed by atoms with Gasteiger partial charge in [-0.05, 0) is 54.8 Å². The Balaban J connectivity index is 1.87. The van der Waals surface area contributed by atoms with E-state index in [4.69, 9.17) is 15.2 Å². The average molecular weight is 261 g/mol. The van der Waals surface area contributed by atoms with Crippen molar-refractivity contribution in [2.45, 2.75) is 32.1 Å². The number of hydrogen-bond acceptors (Lipinski definition) is 3. The third-order valence-electron chi connectivity index (χ3n) is 4.55. The molecule has 3 atom stereocenters. The maximum absolute atomic E-state index is 5.96. The van der Waals surface area contributed by atoms with Crippen LogP contribution in [-0.2, 0) is 0 Å². The summed E-state index contributed by atoms with van der Waals surface area (Å²) in [5.74, 6) is 3.75. The number of benzene rings is 1. The van der Waals surface area contributed by atoms with Gasteiger partial charge in [-0.15, -0.1) is 0 Å². The van der Waals surface area contributed by atoms with E-state index in [9.17, 15) is 0 Å². The summed E-state index contributed by atoms with van der Waals surface area (Å²) in [4.78, 5) is 0. The minimum atomic E-state index is 0.574. The van der Waals surface area contributed by atoms with Crippen LogP contribution >= 0.6 is 0 Å². The summed E-state index contributed by atoms with van der Waals surface area (Å²) in [7, 11) is 0. The highest BCUT2D eigenvalue weighted by Crippen LogP contribution is 2.42. The molecule has 1 aliphatic heterocycles. The largest absolute Gasteiger partial charge is 0.486 e. The van der Waals surface area contributed by atoms with E-state index in [2.05, 4.69) is 25.1 Å². The van der Waals surface area contributed by atoms with Gasteiger partial charge < -0.3 is 15.2 Å². The molecule has 1 heterocycles. The minimum absolute atomic E-state index is 0.574. The molecule has 1 aromatic rings. The van der Waals surface area contributed by atoms with Crippen LogP contribution in [0, 0.1) is 11.8 Å². The van der Waals surface area contributed by atoms with Gasteiger partial charge in [0.2, 0.25) is 0 Å². The van der Waals surface area contributed by atoms with Crippen molar-refractivity contribution < 1.29 is 9.47 Å². The molecule has 104 valence electrons. The molecule has 3 heteroatoms. The predicted molar refractivity (Wildman–Crippen MR) is 75.7 cm³/mol. The van der Waals surface area contributed by atoms with Crippen LogP contribution in [0.3, 0.4) is 0 Å². The van der Waals surface area contributed by atoms with E-state index in [1.165, 1.54) is 24.8 Å². The van der Waals surface area contributed by atoms with Gasteiger partial charge in [0.05, 0.1) is 0 Å². The average Bonchev–Trinajstić information content (AvgIpc) is 2.46. The fourth-order valence-electron chi connectivity index (χ4n) is 3.42. The van der Waals surface area contributed by atoms with Crippen LogP contribution in [0.4, 0.5) is 0 Å². The summed E-state index contributed by atoms with van der Waals surface area (Å²) in [6.07, 6.45) is 3.79. The monoisotopic (exact) mass is 261 g/mol. The zero-order chi connectivity index (χ0) is 13.2. The highest BCUT2D eigenvalue weighted by Gasteiger charge is 2.29. The Morgan fingerprint density at radius 1 is 1.16 bits per heavy atom. The molecule has 0 amide bonds. The van der Waals surface area contributed by atoms with Gasteiger partial charge in [-0.2, -0.15) is 0 Å². The van der Waals surface area contributed by atoms with Crippen LogP contribution in [0.2, 0.25) is 0 Å². The molecular weight excluding hydrogens is 238 g/mol. The summed E-state index contributed by atoms with van der Waals surface area (Å²) in [5, 5.41) is 0. The summed E-state index contributed by atoms with van der Waals surface area (Å²) in [6.45, 7) is 4.43. The zero-order valence-corrected chi connectivity index (χ0v) is 11.6. The summed E-state index contributed by atoms with van der Waals surface area (Å²) in [5.41, 5.74) is 7.33. The van der Waals surface area contributed by atoms with Crippen molar-refractivity contribution in [3.63, 3.8) is 0 Å². The van der Waals surface area contributed by atoms with Gasteiger partial charge in [0, 0.05) is 0 Å². The van der Waals surface area contributed by atoms with Gasteiger partial charge in [-0.25, -0.2) is 0 Å². The number of rotatable bonds is 2. The molecule has 2 N–H and O–H groups in total. The quantitative estimate of drug-likeness (QED) is 0.890. The van der Waals surface area contributed by atoms with E-state index in [0.717, 1.165) is 24.0 Å². The molecule has 3 unspecified atom stereocenters. The van der Waals surface area contributed by atoms with E-state index in [0.29, 0.717) is 25.0 Å². The first-order chi connectivity index (χ1) is 9.28. The molecule has 3 rings (SSSR count). The van der Waals surface area contributed by atoms with Gasteiger partial charge in [0.1, 0.15) is 13.2 Å². The Morgan fingerprint density at radius 3 is 2.74 bits per heavy atom. The molecule has 2 aliphatic rings. The molecule has 19 heavy (non-hydrogen) atoms. The van der Waals surface area contributed by atoms with Crippen molar-refractivity contribution in [3.05, 3.63) is 23.8 Å². The lowest BCUT2D eigenvalue weighted by Gasteiger charge is -2.35. The van der Waals surface area contributed by atoms with Crippen molar-refractivity contribution in [2.24, 2.45) is 17.6 Å². The van der Waals surface area contributed by atoms with Gasteiger partial charge in [0.25, 0.3) is 0 Å². The number of hydrogen-bond donors (Lipinski definition) is 1. The van der Waals surface area contributed by atoms with Crippen molar-refractivity contribution >= 4 is 0 Å². The van der Waals surface area contributed by atoms with Crippen molar-refractivity contribution in [1.82, 2.24) is 0 Å². The first-order valence-electron chi connectivity index (χ1n) is 7.37. The molecule has 1 saturated carbocycles. The second-order valence-electron chi connectivity index (χ2n) is 5.92. The molecule has 0 saturated heterocycles. The van der Waals surface area contributed by atoms with Crippen LogP contribution in [0.5, 0.6) is 11.5 Å². The Morgan fingerprint density at radius 2 is 1.95 bits per heavy atom. The number of nitrogens with two attached hydrogens (primary N) is 1. The number of fused-ring (bicyclic) bond motifs is 1. The second kappa shape index (κ2) is 5.41. The van der Waals surface area contributed by atoms with Crippen molar-refractivity contribution in [1.29, 1.82) is 0 Å². The van der Waals surface area contributed by atoms with Crippen LogP contribution in [0.25, 0.3) is 0 Å². The minimum Gasteiger partial charge on any atom is -0.486 e. The van der Waals surface area contributed by atoms with Gasteiger partial charge in [-0.3, -0.25) is 0 Å². The van der Waals surface area contributed by atoms with Gasteiger partial charge in [0.15, 0.2) is 11.5 Å². The molecule has 0 aromatic heterocycles. The fourth-order valence-corrected chi connectivity index (χ4v) is 3.42. The smallest absolute Gasteiger partial charge is 0.161 e. The molecule has 0 bridgehead atoms. The van der Waals surface area contributed by atoms with E-state index < -0.39 is 0 Å². The topological polar surface area (TPSA) is 44.5 Å². The standard InChI is InChI=1S/C16H23NO2/c1-11-2-3-13(10-17)14(8-11)12-4-5-15-16(9-12)19-7-6-18-15/h4-5,9,11,13-14H,2-3,6-8,10,17H2,1H3. The lowest BCUT2D eigenvalue weighted by Crippen LogP contribution is -2.28. The molecule has 1 aromatic carbocycles. The molecule has 0 radical (unpaired) electrons. The summed E-state index contributed by atoms with van der Waals surface area (Å²) < 4.78 is 11.3. The molecule has 0 spiro atoms. The highest BCUT2D eigenvalue weighted by molar-refractivity contribution is 5.45.